The molecular formula is C29H29N3O6. The van der Waals surface area contributed by atoms with Gasteiger partial charge in [0.25, 0.3) is 5.91 Å². The molecule has 0 aliphatic rings. The number of phenolic OH excluding ortho intramolecular Hbond substituents is 1. The highest BCUT2D eigenvalue weighted by Crippen LogP contribution is 2.11. The van der Waals surface area contributed by atoms with Crippen LogP contribution in [0.5, 0.6) is 5.75 Å². The highest BCUT2D eigenvalue weighted by Gasteiger charge is 2.24. The number of aliphatic imine (C=N–C) groups is 1. The summed E-state index contributed by atoms with van der Waals surface area (Å²) in [6.07, 6.45) is 0.0236. The van der Waals surface area contributed by atoms with E-state index in [1.807, 2.05) is 30.3 Å². The Morgan fingerprint density at radius 2 is 1.34 bits per heavy atom. The second-order valence-corrected chi connectivity index (χ2v) is 8.61. The number of nitrogens with one attached hydrogen (secondary N) is 2. The Balaban J connectivity index is 1.67. The lowest BCUT2D eigenvalue weighted by atomic mass is 10.0. The van der Waals surface area contributed by atoms with Gasteiger partial charge in [0.15, 0.2) is 0 Å². The molecule has 0 aliphatic carbocycles. The standard InChI is InChI=1S/C29H29N3O6/c33-23-13-11-22(12-14-23)17-24(28(36)32-25(29(37)38)18-20-7-3-1-4-8-20)31-26(34)15-16-30-27(35)19-21-9-5-2-6-10-21/h1-14,25,33H,15-19H2,(H,30,35)(H,32,36)(H,37,38). The first-order valence-corrected chi connectivity index (χ1v) is 12.1. The molecule has 38 heavy (non-hydrogen) atoms. The zero-order chi connectivity index (χ0) is 27.3. The lowest BCUT2D eigenvalue weighted by molar-refractivity contribution is -0.141. The Morgan fingerprint density at radius 1 is 0.763 bits per heavy atom. The molecule has 9 nitrogen and oxygen atoms in total. The van der Waals surface area contributed by atoms with Gasteiger partial charge in [0.1, 0.15) is 17.5 Å². The van der Waals surface area contributed by atoms with Crippen molar-refractivity contribution in [1.29, 1.82) is 0 Å². The Bertz CT molecular complexity index is 1270. The van der Waals surface area contributed by atoms with Crippen LogP contribution in [0.15, 0.2) is 89.9 Å². The van der Waals surface area contributed by atoms with E-state index in [2.05, 4.69) is 15.6 Å². The van der Waals surface area contributed by atoms with Crippen LogP contribution in [0.25, 0.3) is 0 Å². The fourth-order valence-electron chi connectivity index (χ4n) is 3.63. The molecule has 196 valence electrons. The number of carbonyl (C=O) groups is 4. The zero-order valence-electron chi connectivity index (χ0n) is 20.7. The van der Waals surface area contributed by atoms with Gasteiger partial charge in [-0.05, 0) is 28.8 Å². The number of benzene rings is 3. The fourth-order valence-corrected chi connectivity index (χ4v) is 3.63. The lowest BCUT2D eigenvalue weighted by Crippen LogP contribution is -2.46. The van der Waals surface area contributed by atoms with Gasteiger partial charge >= 0.3 is 5.97 Å². The fraction of sp³-hybridized carbons (Fsp3) is 0.207. The Labute approximate surface area is 220 Å². The van der Waals surface area contributed by atoms with Crippen LogP contribution >= 0.6 is 0 Å². The minimum absolute atomic E-state index is 0.0350. The van der Waals surface area contributed by atoms with Crippen molar-refractivity contribution in [1.82, 2.24) is 10.6 Å². The van der Waals surface area contributed by atoms with E-state index < -0.39 is 23.8 Å². The quantitative estimate of drug-likeness (QED) is 0.273. The third kappa shape index (κ3) is 9.34. The molecule has 0 radical (unpaired) electrons. The normalized spacial score (nSPS) is 11.8. The van der Waals surface area contributed by atoms with Crippen molar-refractivity contribution in [3.05, 3.63) is 102 Å². The SMILES string of the molecule is O=C(CCNC(=O)Cc1ccccc1)N=C(Cc1ccc(O)cc1)C(=O)NC(Cc1ccccc1)C(=O)O. The molecule has 3 amide bonds. The maximum atomic E-state index is 13.1. The van der Waals surface area contributed by atoms with Crippen molar-refractivity contribution in [3.8, 4) is 5.75 Å². The van der Waals surface area contributed by atoms with Crippen LogP contribution in [-0.2, 0) is 38.4 Å². The molecule has 9 heteroatoms. The van der Waals surface area contributed by atoms with Crippen molar-refractivity contribution < 1.29 is 29.4 Å². The first kappa shape index (κ1) is 27.8. The van der Waals surface area contributed by atoms with Crippen LogP contribution in [0.1, 0.15) is 23.1 Å². The molecule has 0 aromatic heterocycles. The van der Waals surface area contributed by atoms with Gasteiger partial charge < -0.3 is 20.8 Å². The summed E-state index contributed by atoms with van der Waals surface area (Å²) in [5.74, 6) is -2.86. The van der Waals surface area contributed by atoms with Crippen molar-refractivity contribution in [2.75, 3.05) is 6.54 Å². The van der Waals surface area contributed by atoms with E-state index in [1.165, 1.54) is 12.1 Å². The summed E-state index contributed by atoms with van der Waals surface area (Å²) in [6.45, 7) is 0.0356. The van der Waals surface area contributed by atoms with E-state index in [4.69, 9.17) is 0 Å². The largest absolute Gasteiger partial charge is 0.508 e. The van der Waals surface area contributed by atoms with Crippen LogP contribution in [0.2, 0.25) is 0 Å². The van der Waals surface area contributed by atoms with E-state index in [0.717, 1.165) is 11.1 Å². The lowest BCUT2D eigenvalue weighted by Gasteiger charge is -2.16. The molecular weight excluding hydrogens is 486 g/mol. The van der Waals surface area contributed by atoms with Gasteiger partial charge in [-0.25, -0.2) is 9.79 Å². The summed E-state index contributed by atoms with van der Waals surface area (Å²) >= 11 is 0. The topological polar surface area (TPSA) is 145 Å². The van der Waals surface area contributed by atoms with Gasteiger partial charge in [0.05, 0.1) is 6.42 Å². The van der Waals surface area contributed by atoms with Gasteiger partial charge in [0.2, 0.25) is 11.8 Å². The van der Waals surface area contributed by atoms with Crippen molar-refractivity contribution >= 4 is 29.4 Å². The highest BCUT2D eigenvalue weighted by atomic mass is 16.4. The van der Waals surface area contributed by atoms with Crippen LogP contribution < -0.4 is 10.6 Å². The number of carbonyl (C=O) groups excluding carboxylic acids is 3. The molecule has 0 spiro atoms. The van der Waals surface area contributed by atoms with Crippen molar-refractivity contribution in [2.45, 2.75) is 31.7 Å². The zero-order valence-corrected chi connectivity index (χ0v) is 20.7. The third-order valence-electron chi connectivity index (χ3n) is 5.58. The molecule has 0 saturated carbocycles. The van der Waals surface area contributed by atoms with Crippen LogP contribution in [0, 0.1) is 0 Å². The van der Waals surface area contributed by atoms with E-state index in [9.17, 15) is 29.4 Å². The van der Waals surface area contributed by atoms with Crippen LogP contribution in [-0.4, -0.2) is 52.2 Å². The van der Waals surface area contributed by atoms with Gasteiger partial charge in [-0.3, -0.25) is 14.4 Å². The number of phenols is 1. The number of carboxylic acid groups (broad SMARTS) is 1. The summed E-state index contributed by atoms with van der Waals surface area (Å²) in [4.78, 5) is 53.6. The van der Waals surface area contributed by atoms with E-state index in [-0.39, 0.29) is 49.6 Å². The molecule has 0 bridgehead atoms. The summed E-state index contributed by atoms with van der Waals surface area (Å²) in [5, 5.41) is 24.3. The molecule has 0 heterocycles. The average molecular weight is 516 g/mol. The van der Waals surface area contributed by atoms with Gasteiger partial charge in [-0.1, -0.05) is 72.8 Å². The predicted octanol–water partition coefficient (Wildman–Crippen LogP) is 2.46. The molecule has 4 N–H and O–H groups in total. The summed E-state index contributed by atoms with van der Waals surface area (Å²) in [7, 11) is 0. The maximum absolute atomic E-state index is 13.1. The monoisotopic (exact) mass is 515 g/mol. The molecule has 1 atom stereocenters. The minimum atomic E-state index is -1.23. The molecule has 0 fully saturated rings. The highest BCUT2D eigenvalue weighted by molar-refractivity contribution is 6.41. The molecule has 0 saturated heterocycles. The number of hydrogen-bond acceptors (Lipinski definition) is 5. The van der Waals surface area contributed by atoms with Crippen molar-refractivity contribution in [3.63, 3.8) is 0 Å². The molecule has 1 unspecified atom stereocenters. The van der Waals surface area contributed by atoms with Gasteiger partial charge in [-0.15, -0.1) is 0 Å². The van der Waals surface area contributed by atoms with Gasteiger partial charge in [-0.2, -0.15) is 0 Å². The smallest absolute Gasteiger partial charge is 0.326 e. The number of hydrogen-bond donors (Lipinski definition) is 4. The number of amides is 3. The van der Waals surface area contributed by atoms with E-state index >= 15 is 0 Å². The minimum Gasteiger partial charge on any atom is -0.508 e. The van der Waals surface area contributed by atoms with E-state index in [1.54, 1.807) is 42.5 Å². The first-order valence-electron chi connectivity index (χ1n) is 12.1. The van der Waals surface area contributed by atoms with E-state index in [0.29, 0.717) is 5.56 Å². The number of carboxylic acids is 1. The molecule has 3 aromatic carbocycles. The number of aliphatic carboxylic acids is 1. The second kappa shape index (κ2) is 14.1. The maximum Gasteiger partial charge on any atom is 0.326 e. The predicted molar refractivity (Wildman–Crippen MR) is 142 cm³/mol. The number of aromatic hydroxyl groups is 1. The average Bonchev–Trinajstić information content (AvgIpc) is 2.90. The third-order valence-corrected chi connectivity index (χ3v) is 5.58. The Kier molecular flexibility index (Phi) is 10.3. The molecule has 0 aliphatic heterocycles. The second-order valence-electron chi connectivity index (χ2n) is 8.61. The molecule has 3 rings (SSSR count). The van der Waals surface area contributed by atoms with Gasteiger partial charge in [0, 0.05) is 25.8 Å². The summed E-state index contributed by atoms with van der Waals surface area (Å²) in [6, 6.07) is 22.8. The van der Waals surface area contributed by atoms with Crippen LogP contribution in [0.4, 0.5) is 0 Å². The van der Waals surface area contributed by atoms with Crippen molar-refractivity contribution in [2.24, 2.45) is 4.99 Å². The first-order chi connectivity index (χ1) is 18.3. The van der Waals surface area contributed by atoms with Crippen LogP contribution in [0.3, 0.4) is 0 Å². The Hall–Kier alpha value is -4.79. The number of rotatable bonds is 12. The molecule has 3 aromatic rings. The summed E-state index contributed by atoms with van der Waals surface area (Å²) < 4.78 is 0. The number of nitrogens with zero attached hydrogens (tertiary/aromatic N) is 1. The Morgan fingerprint density at radius 3 is 1.95 bits per heavy atom. The summed E-state index contributed by atoms with van der Waals surface area (Å²) in [5.41, 5.74) is 1.98.